The van der Waals surface area contributed by atoms with Gasteiger partial charge in [-0.25, -0.2) is 0 Å². The number of likely N-dealkylation sites (N-methyl/N-ethyl adjacent to an activating group) is 1. The summed E-state index contributed by atoms with van der Waals surface area (Å²) in [7, 11) is 0. The number of nitrogens with one attached hydrogen (secondary N) is 1. The van der Waals surface area contributed by atoms with Crippen molar-refractivity contribution >= 4 is 17.3 Å². The van der Waals surface area contributed by atoms with E-state index >= 15 is 0 Å². The van der Waals surface area contributed by atoms with Gasteiger partial charge in [-0.15, -0.1) is 0 Å². The Hall–Kier alpha value is -2.73. The lowest BCUT2D eigenvalue weighted by atomic mass is 10.1. The van der Waals surface area contributed by atoms with E-state index in [-0.39, 0.29) is 12.7 Å². The molecule has 2 aromatic carbocycles. The van der Waals surface area contributed by atoms with Crippen molar-refractivity contribution in [3.8, 4) is 11.5 Å². The maximum Gasteiger partial charge on any atom is 0.255 e. The molecule has 0 radical (unpaired) electrons. The van der Waals surface area contributed by atoms with Crippen LogP contribution < -0.4 is 19.7 Å². The zero-order chi connectivity index (χ0) is 18.8. The molecule has 1 fully saturated rings. The number of fused-ring (bicyclic) bond motifs is 1. The maximum absolute atomic E-state index is 12.6. The summed E-state index contributed by atoms with van der Waals surface area (Å²) in [5, 5.41) is 3.00. The lowest BCUT2D eigenvalue weighted by molar-refractivity contribution is 0.102. The number of carbonyl (C=O) groups excluding carboxylic acids is 1. The molecule has 1 amide bonds. The minimum Gasteiger partial charge on any atom is -0.454 e. The Balaban J connectivity index is 1.44. The molecule has 2 aliphatic rings. The van der Waals surface area contributed by atoms with E-state index < -0.39 is 0 Å². The quantitative estimate of drug-likeness (QED) is 0.900. The van der Waals surface area contributed by atoms with Gasteiger partial charge in [0.05, 0.1) is 0 Å². The summed E-state index contributed by atoms with van der Waals surface area (Å²) in [5.74, 6) is 1.14. The number of benzene rings is 2. The Morgan fingerprint density at radius 3 is 2.56 bits per heavy atom. The van der Waals surface area contributed by atoms with E-state index in [4.69, 9.17) is 9.47 Å². The lowest BCUT2D eigenvalue weighted by Crippen LogP contribution is -2.46. The van der Waals surface area contributed by atoms with Crippen molar-refractivity contribution in [1.82, 2.24) is 4.90 Å². The smallest absolute Gasteiger partial charge is 0.255 e. The number of hydrogen-bond donors (Lipinski definition) is 1. The van der Waals surface area contributed by atoms with Gasteiger partial charge in [-0.05, 0) is 55.4 Å². The first-order valence-corrected chi connectivity index (χ1v) is 9.43. The van der Waals surface area contributed by atoms with Gasteiger partial charge in [0.2, 0.25) is 6.79 Å². The summed E-state index contributed by atoms with van der Waals surface area (Å²) in [5.41, 5.74) is 3.65. The van der Waals surface area contributed by atoms with E-state index in [1.165, 1.54) is 5.69 Å². The third-order valence-corrected chi connectivity index (χ3v) is 5.28. The first-order chi connectivity index (χ1) is 13.1. The minimum atomic E-state index is -0.152. The largest absolute Gasteiger partial charge is 0.454 e. The number of rotatable bonds is 4. The monoisotopic (exact) mass is 367 g/mol. The Morgan fingerprint density at radius 1 is 1.04 bits per heavy atom. The van der Waals surface area contributed by atoms with Gasteiger partial charge in [0.15, 0.2) is 11.5 Å². The predicted octanol–water partition coefficient (Wildman–Crippen LogP) is 3.12. The summed E-state index contributed by atoms with van der Waals surface area (Å²) in [6.45, 7) is 9.81. The first kappa shape index (κ1) is 17.7. The first-order valence-electron chi connectivity index (χ1n) is 9.43. The Morgan fingerprint density at radius 2 is 1.81 bits per heavy atom. The second kappa shape index (κ2) is 7.48. The predicted molar refractivity (Wildman–Crippen MR) is 106 cm³/mol. The van der Waals surface area contributed by atoms with Gasteiger partial charge >= 0.3 is 0 Å². The van der Waals surface area contributed by atoms with Gasteiger partial charge in [-0.2, -0.15) is 0 Å². The molecule has 0 aliphatic carbocycles. The van der Waals surface area contributed by atoms with Gasteiger partial charge in [0.25, 0.3) is 5.91 Å². The fourth-order valence-electron chi connectivity index (χ4n) is 3.54. The molecule has 0 bridgehead atoms. The highest BCUT2D eigenvalue weighted by Crippen LogP contribution is 2.33. The van der Waals surface area contributed by atoms with Crippen molar-refractivity contribution < 1.29 is 14.3 Å². The fourth-order valence-corrected chi connectivity index (χ4v) is 3.54. The molecule has 0 spiro atoms. The van der Waals surface area contributed by atoms with Gasteiger partial charge < -0.3 is 24.6 Å². The van der Waals surface area contributed by atoms with Crippen LogP contribution >= 0.6 is 0 Å². The second-order valence-electron chi connectivity index (χ2n) is 6.94. The zero-order valence-corrected chi connectivity index (χ0v) is 15.8. The number of piperazine rings is 1. The topological polar surface area (TPSA) is 54.0 Å². The van der Waals surface area contributed by atoms with Crippen LogP contribution in [0.4, 0.5) is 11.4 Å². The molecule has 0 aromatic heterocycles. The van der Waals surface area contributed by atoms with Crippen molar-refractivity contribution in [3.05, 3.63) is 47.5 Å². The van der Waals surface area contributed by atoms with Crippen LogP contribution in [0, 0.1) is 6.92 Å². The van der Waals surface area contributed by atoms with E-state index in [1.807, 2.05) is 13.0 Å². The van der Waals surface area contributed by atoms with E-state index in [0.29, 0.717) is 17.1 Å². The lowest BCUT2D eigenvalue weighted by Gasteiger charge is -2.35. The van der Waals surface area contributed by atoms with E-state index in [1.54, 1.807) is 18.2 Å². The highest BCUT2D eigenvalue weighted by Gasteiger charge is 2.18. The number of nitrogens with zero attached hydrogens (tertiary/aromatic N) is 2. The number of aryl methyl sites for hydroxylation is 1. The second-order valence-corrected chi connectivity index (χ2v) is 6.94. The standard InChI is InChI=1S/C21H25N3O3/c1-3-23-8-10-24(11-9-23)17-5-6-18(15(2)12-17)22-21(25)16-4-7-19-20(13-16)27-14-26-19/h4-7,12-13H,3,8-11,14H2,1-2H3,(H,22,25). The van der Waals surface area contributed by atoms with Crippen molar-refractivity contribution in [3.63, 3.8) is 0 Å². The third-order valence-electron chi connectivity index (χ3n) is 5.28. The summed E-state index contributed by atoms with van der Waals surface area (Å²) < 4.78 is 10.6. The molecule has 0 unspecified atom stereocenters. The van der Waals surface area contributed by atoms with Crippen LogP contribution in [0.5, 0.6) is 11.5 Å². The molecule has 1 saturated heterocycles. The Labute approximate surface area is 159 Å². The van der Waals surface area contributed by atoms with Crippen LogP contribution in [0.2, 0.25) is 0 Å². The van der Waals surface area contributed by atoms with Gasteiger partial charge in [0, 0.05) is 43.1 Å². The molecule has 142 valence electrons. The van der Waals surface area contributed by atoms with E-state index in [9.17, 15) is 4.79 Å². The molecule has 2 aromatic rings. The number of amides is 1. The summed E-state index contributed by atoms with van der Waals surface area (Å²) in [4.78, 5) is 17.5. The highest BCUT2D eigenvalue weighted by atomic mass is 16.7. The number of ether oxygens (including phenoxy) is 2. The summed E-state index contributed by atoms with van der Waals surface area (Å²) in [6, 6.07) is 11.5. The molecule has 27 heavy (non-hydrogen) atoms. The SMILES string of the molecule is CCN1CCN(c2ccc(NC(=O)c3ccc4c(c3)OCO4)c(C)c2)CC1. The number of carbonyl (C=O) groups is 1. The zero-order valence-electron chi connectivity index (χ0n) is 15.8. The van der Waals surface area contributed by atoms with Crippen molar-refractivity contribution in [2.45, 2.75) is 13.8 Å². The number of anilines is 2. The Kier molecular flexibility index (Phi) is 4.90. The number of hydrogen-bond acceptors (Lipinski definition) is 5. The van der Waals surface area contributed by atoms with Crippen molar-refractivity contribution in [2.24, 2.45) is 0 Å². The van der Waals surface area contributed by atoms with Crippen LogP contribution in [0.1, 0.15) is 22.8 Å². The molecule has 4 rings (SSSR count). The molecule has 1 N–H and O–H groups in total. The van der Waals surface area contributed by atoms with E-state index in [0.717, 1.165) is 44.0 Å². The normalized spacial score (nSPS) is 16.4. The molecular weight excluding hydrogens is 342 g/mol. The summed E-state index contributed by atoms with van der Waals surface area (Å²) >= 11 is 0. The molecule has 6 nitrogen and oxygen atoms in total. The van der Waals surface area contributed by atoms with Crippen LogP contribution in [0.25, 0.3) is 0 Å². The Bertz CT molecular complexity index is 845. The van der Waals surface area contributed by atoms with Crippen LogP contribution in [-0.4, -0.2) is 50.3 Å². The maximum atomic E-state index is 12.6. The van der Waals surface area contributed by atoms with Crippen molar-refractivity contribution in [2.75, 3.05) is 49.7 Å². The van der Waals surface area contributed by atoms with Gasteiger partial charge in [-0.3, -0.25) is 4.79 Å². The highest BCUT2D eigenvalue weighted by molar-refractivity contribution is 6.05. The molecule has 2 aliphatic heterocycles. The molecule has 0 saturated carbocycles. The van der Waals surface area contributed by atoms with Crippen molar-refractivity contribution in [1.29, 1.82) is 0 Å². The fraction of sp³-hybridized carbons (Fsp3) is 0.381. The van der Waals surface area contributed by atoms with Crippen LogP contribution in [0.3, 0.4) is 0 Å². The van der Waals surface area contributed by atoms with Crippen LogP contribution in [0.15, 0.2) is 36.4 Å². The molecule has 6 heteroatoms. The van der Waals surface area contributed by atoms with E-state index in [2.05, 4.69) is 34.2 Å². The van der Waals surface area contributed by atoms with Gasteiger partial charge in [0.1, 0.15) is 0 Å². The average Bonchev–Trinajstić information content (AvgIpc) is 3.17. The molecular formula is C21H25N3O3. The minimum absolute atomic E-state index is 0.152. The van der Waals surface area contributed by atoms with Gasteiger partial charge in [-0.1, -0.05) is 6.92 Å². The summed E-state index contributed by atoms with van der Waals surface area (Å²) in [6.07, 6.45) is 0. The molecule has 2 heterocycles. The van der Waals surface area contributed by atoms with Crippen LogP contribution in [-0.2, 0) is 0 Å². The third kappa shape index (κ3) is 3.71. The molecule has 0 atom stereocenters. The average molecular weight is 367 g/mol.